The molecule has 5 rings (SSSR count). The van der Waals surface area contributed by atoms with Crippen LogP contribution in [0.2, 0.25) is 0 Å². The molecule has 4 aromatic rings. The lowest BCUT2D eigenvalue weighted by Gasteiger charge is -2.27. The van der Waals surface area contributed by atoms with Crippen molar-refractivity contribution in [2.24, 2.45) is 4.99 Å². The van der Waals surface area contributed by atoms with Gasteiger partial charge in [-0.25, -0.2) is 4.99 Å². The molecule has 0 spiro atoms. The van der Waals surface area contributed by atoms with E-state index >= 15 is 0 Å². The zero-order valence-corrected chi connectivity index (χ0v) is 21.3. The molecule has 1 aromatic heterocycles. The molecule has 0 fully saturated rings. The molecule has 3 aromatic carbocycles. The highest BCUT2D eigenvalue weighted by atomic mass is 32.2. The number of ether oxygens (including phenoxy) is 1. The van der Waals surface area contributed by atoms with E-state index in [9.17, 15) is 13.2 Å². The van der Waals surface area contributed by atoms with Crippen molar-refractivity contribution >= 4 is 29.0 Å². The molecule has 5 nitrogen and oxygen atoms in total. The number of aromatic nitrogens is 1. The Morgan fingerprint density at radius 2 is 1.76 bits per heavy atom. The summed E-state index contributed by atoms with van der Waals surface area (Å²) in [5, 5.41) is 6.69. The van der Waals surface area contributed by atoms with E-state index in [1.54, 1.807) is 30.0 Å². The number of fused-ring (bicyclic) bond motifs is 1. The smallest absolute Gasteiger partial charge is 0.373 e. The standard InChI is InChI=1S/C29H25F3N4OS/c1-38-22-12-10-21(11-13-22)34-28-23-14-9-20(27-24(29(30,31)32)8-5-15-33-27)16-25(23)35-26(36-28)18-37-17-19-6-3-2-4-7-19/h2-16,26,35H,17-18H2,1H3,(H,34,36). The van der Waals surface area contributed by atoms with E-state index in [1.807, 2.05) is 60.9 Å². The van der Waals surface area contributed by atoms with E-state index in [0.29, 0.717) is 23.7 Å². The van der Waals surface area contributed by atoms with Gasteiger partial charge in [-0.1, -0.05) is 36.4 Å². The number of pyridine rings is 1. The molecule has 0 bridgehead atoms. The Morgan fingerprint density at radius 1 is 0.974 bits per heavy atom. The maximum Gasteiger partial charge on any atom is 0.418 e. The second-order valence-electron chi connectivity index (χ2n) is 8.65. The third-order valence-electron chi connectivity index (χ3n) is 6.01. The van der Waals surface area contributed by atoms with Crippen molar-refractivity contribution in [3.63, 3.8) is 0 Å². The molecule has 1 unspecified atom stereocenters. The van der Waals surface area contributed by atoms with Crippen LogP contribution in [0.15, 0.2) is 101 Å². The van der Waals surface area contributed by atoms with E-state index in [2.05, 4.69) is 15.6 Å². The third-order valence-corrected chi connectivity index (χ3v) is 6.75. The van der Waals surface area contributed by atoms with Crippen LogP contribution in [0, 0.1) is 0 Å². The first kappa shape index (κ1) is 25.8. The van der Waals surface area contributed by atoms with Crippen LogP contribution in [-0.2, 0) is 17.5 Å². The number of nitrogens with zero attached hydrogens (tertiary/aromatic N) is 2. The summed E-state index contributed by atoms with van der Waals surface area (Å²) in [4.78, 5) is 10.0. The zero-order chi connectivity index (χ0) is 26.5. The Kier molecular flexibility index (Phi) is 7.67. The average Bonchev–Trinajstić information content (AvgIpc) is 2.93. The fraction of sp³-hybridized carbons (Fsp3) is 0.172. The first-order valence-electron chi connectivity index (χ1n) is 11.9. The highest BCUT2D eigenvalue weighted by Gasteiger charge is 2.34. The van der Waals surface area contributed by atoms with E-state index < -0.39 is 17.9 Å². The number of anilines is 2. The number of nitrogens with one attached hydrogen (secondary N) is 2. The van der Waals surface area contributed by atoms with Gasteiger partial charge < -0.3 is 15.4 Å². The topological polar surface area (TPSA) is 58.5 Å². The maximum atomic E-state index is 13.7. The molecule has 1 aliphatic heterocycles. The Hall–Kier alpha value is -3.82. The van der Waals surface area contributed by atoms with Crippen molar-refractivity contribution in [2.45, 2.75) is 23.8 Å². The lowest BCUT2D eigenvalue weighted by Crippen LogP contribution is -2.32. The molecule has 0 amide bonds. The van der Waals surface area contributed by atoms with Gasteiger partial charge in [-0.05, 0) is 60.4 Å². The van der Waals surface area contributed by atoms with Gasteiger partial charge in [0.2, 0.25) is 0 Å². The van der Waals surface area contributed by atoms with E-state index in [0.717, 1.165) is 27.8 Å². The minimum atomic E-state index is -4.52. The van der Waals surface area contributed by atoms with Gasteiger partial charge in [0.05, 0.1) is 24.5 Å². The van der Waals surface area contributed by atoms with Gasteiger partial charge in [-0.15, -0.1) is 11.8 Å². The fourth-order valence-electron chi connectivity index (χ4n) is 4.17. The minimum Gasteiger partial charge on any atom is -0.373 e. The molecule has 9 heteroatoms. The Bertz CT molecular complexity index is 1430. The van der Waals surface area contributed by atoms with Crippen molar-refractivity contribution in [2.75, 3.05) is 23.5 Å². The highest BCUT2D eigenvalue weighted by molar-refractivity contribution is 7.98. The Balaban J connectivity index is 1.45. The SMILES string of the molecule is CSc1ccc(NC2=NC(COCc3ccccc3)Nc3cc(-c4ncccc4C(F)(F)F)ccc32)cc1. The lowest BCUT2D eigenvalue weighted by atomic mass is 10.0. The van der Waals surface area contributed by atoms with Gasteiger partial charge >= 0.3 is 6.18 Å². The summed E-state index contributed by atoms with van der Waals surface area (Å²) < 4.78 is 46.9. The highest BCUT2D eigenvalue weighted by Crippen LogP contribution is 2.37. The number of hydrogen-bond donors (Lipinski definition) is 2. The average molecular weight is 535 g/mol. The van der Waals surface area contributed by atoms with Crippen LogP contribution < -0.4 is 10.6 Å². The molecular formula is C29H25F3N4OS. The predicted octanol–water partition coefficient (Wildman–Crippen LogP) is 7.32. The Labute approximate surface area is 223 Å². The largest absolute Gasteiger partial charge is 0.418 e. The van der Waals surface area contributed by atoms with Gasteiger partial charge in [0, 0.05) is 33.6 Å². The van der Waals surface area contributed by atoms with Crippen LogP contribution >= 0.6 is 11.8 Å². The van der Waals surface area contributed by atoms with Crippen molar-refractivity contribution < 1.29 is 17.9 Å². The molecule has 1 atom stereocenters. The van der Waals surface area contributed by atoms with Crippen LogP contribution in [-0.4, -0.2) is 29.8 Å². The van der Waals surface area contributed by atoms with E-state index in [1.165, 1.54) is 12.3 Å². The van der Waals surface area contributed by atoms with Crippen LogP contribution in [0.5, 0.6) is 0 Å². The molecule has 38 heavy (non-hydrogen) atoms. The normalized spacial score (nSPS) is 14.8. The van der Waals surface area contributed by atoms with Crippen molar-refractivity contribution in [3.8, 4) is 11.3 Å². The molecule has 1 aliphatic rings. The van der Waals surface area contributed by atoms with E-state index in [4.69, 9.17) is 9.73 Å². The fourth-order valence-corrected chi connectivity index (χ4v) is 4.58. The summed E-state index contributed by atoms with van der Waals surface area (Å²) in [5.41, 5.74) is 2.74. The molecule has 194 valence electrons. The van der Waals surface area contributed by atoms with Gasteiger partial charge in [0.1, 0.15) is 12.0 Å². The quantitative estimate of drug-likeness (QED) is 0.243. The van der Waals surface area contributed by atoms with Gasteiger partial charge in [-0.3, -0.25) is 4.98 Å². The maximum absolute atomic E-state index is 13.7. The van der Waals surface area contributed by atoms with Crippen molar-refractivity contribution in [1.82, 2.24) is 4.98 Å². The number of alkyl halides is 3. The number of hydrogen-bond acceptors (Lipinski definition) is 6. The summed E-state index contributed by atoms with van der Waals surface area (Å²) in [6, 6.07) is 25.2. The minimum absolute atomic E-state index is 0.119. The number of halogens is 3. The summed E-state index contributed by atoms with van der Waals surface area (Å²) in [6.07, 6.45) is -1.58. The van der Waals surface area contributed by atoms with Crippen LogP contribution in [0.25, 0.3) is 11.3 Å². The van der Waals surface area contributed by atoms with Gasteiger partial charge in [0.25, 0.3) is 0 Å². The molecule has 2 N–H and O–H groups in total. The Morgan fingerprint density at radius 3 is 2.50 bits per heavy atom. The van der Waals surface area contributed by atoms with Crippen LogP contribution in [0.4, 0.5) is 24.5 Å². The molecule has 0 radical (unpaired) electrons. The van der Waals surface area contributed by atoms with Gasteiger partial charge in [0.15, 0.2) is 0 Å². The second kappa shape index (κ2) is 11.3. The van der Waals surface area contributed by atoms with Crippen LogP contribution in [0.1, 0.15) is 16.7 Å². The zero-order valence-electron chi connectivity index (χ0n) is 20.5. The lowest BCUT2D eigenvalue weighted by molar-refractivity contribution is -0.137. The van der Waals surface area contributed by atoms with Crippen molar-refractivity contribution in [3.05, 3.63) is 108 Å². The number of benzene rings is 3. The number of amidine groups is 1. The van der Waals surface area contributed by atoms with E-state index in [-0.39, 0.29) is 12.3 Å². The van der Waals surface area contributed by atoms with Gasteiger partial charge in [-0.2, -0.15) is 13.2 Å². The molecule has 0 saturated carbocycles. The van der Waals surface area contributed by atoms with Crippen LogP contribution in [0.3, 0.4) is 0 Å². The first-order chi connectivity index (χ1) is 18.4. The monoisotopic (exact) mass is 534 g/mol. The predicted molar refractivity (Wildman–Crippen MR) is 147 cm³/mol. The number of thioether (sulfide) groups is 1. The summed E-state index contributed by atoms with van der Waals surface area (Å²) >= 11 is 1.65. The molecule has 0 saturated heterocycles. The third kappa shape index (κ3) is 6.00. The number of rotatable bonds is 7. The summed E-state index contributed by atoms with van der Waals surface area (Å²) in [5.74, 6) is 0.604. The number of aliphatic imine (C=N–C) groups is 1. The van der Waals surface area contributed by atoms with Crippen molar-refractivity contribution in [1.29, 1.82) is 0 Å². The molecule has 2 heterocycles. The molecular weight excluding hydrogens is 509 g/mol. The summed E-state index contributed by atoms with van der Waals surface area (Å²) in [6.45, 7) is 0.690. The summed E-state index contributed by atoms with van der Waals surface area (Å²) in [7, 11) is 0. The molecule has 0 aliphatic carbocycles. The second-order valence-corrected chi connectivity index (χ2v) is 9.53. The first-order valence-corrected chi connectivity index (χ1v) is 13.2.